The summed E-state index contributed by atoms with van der Waals surface area (Å²) in [4.78, 5) is 17.8. The first-order valence-corrected chi connectivity index (χ1v) is 6.65. The second-order valence-electron chi connectivity index (χ2n) is 4.42. The lowest BCUT2D eigenvalue weighted by atomic mass is 10.1. The van der Waals surface area contributed by atoms with Crippen molar-refractivity contribution >= 4 is 27.9 Å². The third-order valence-electron chi connectivity index (χ3n) is 3.15. The van der Waals surface area contributed by atoms with E-state index in [1.807, 2.05) is 4.90 Å². The van der Waals surface area contributed by atoms with Crippen molar-refractivity contribution in [3.8, 4) is 0 Å². The van der Waals surface area contributed by atoms with Gasteiger partial charge in [-0.1, -0.05) is 11.3 Å². The lowest BCUT2D eigenvalue weighted by Gasteiger charge is -2.30. The van der Waals surface area contributed by atoms with Crippen LogP contribution >= 0.6 is 11.3 Å². The lowest BCUT2D eigenvalue weighted by molar-refractivity contribution is -0.389. The van der Waals surface area contributed by atoms with Crippen LogP contribution in [0.25, 0.3) is 4.96 Å². The minimum atomic E-state index is -0.373. The number of thiazole rings is 1. The number of hydrogen-bond donors (Lipinski definition) is 1. The van der Waals surface area contributed by atoms with Crippen LogP contribution in [-0.2, 0) is 0 Å². The van der Waals surface area contributed by atoms with Crippen LogP contribution in [0.15, 0.2) is 11.6 Å². The summed E-state index contributed by atoms with van der Waals surface area (Å²) in [5, 5.41) is 13.0. The van der Waals surface area contributed by atoms with E-state index in [0.29, 0.717) is 17.3 Å². The zero-order valence-electron chi connectivity index (χ0n) is 9.65. The molecule has 1 atom stereocenters. The molecule has 7 nitrogen and oxygen atoms in total. The number of nitro groups is 1. The Morgan fingerprint density at radius 2 is 2.44 bits per heavy atom. The molecule has 1 saturated heterocycles. The fraction of sp³-hybridized carbons (Fsp3) is 0.500. The lowest BCUT2D eigenvalue weighted by Crippen LogP contribution is -2.43. The fourth-order valence-corrected chi connectivity index (χ4v) is 3.05. The Morgan fingerprint density at radius 3 is 3.17 bits per heavy atom. The van der Waals surface area contributed by atoms with E-state index in [1.165, 1.54) is 15.7 Å². The molecule has 1 fully saturated rings. The molecule has 2 aromatic rings. The summed E-state index contributed by atoms with van der Waals surface area (Å²) in [6.45, 7) is 1.41. The highest BCUT2D eigenvalue weighted by atomic mass is 32.1. The number of fused-ring (bicyclic) bond motifs is 1. The third-order valence-corrected chi connectivity index (χ3v) is 3.91. The molecule has 1 aliphatic heterocycles. The number of hydrogen-bond acceptors (Lipinski definition) is 6. The highest BCUT2D eigenvalue weighted by molar-refractivity contribution is 7.15. The van der Waals surface area contributed by atoms with E-state index in [2.05, 4.69) is 4.98 Å². The van der Waals surface area contributed by atoms with Crippen molar-refractivity contribution in [3.05, 3.63) is 21.7 Å². The van der Waals surface area contributed by atoms with E-state index in [1.54, 1.807) is 11.6 Å². The van der Waals surface area contributed by atoms with Crippen LogP contribution in [-0.4, -0.2) is 33.4 Å². The molecule has 0 amide bonds. The summed E-state index contributed by atoms with van der Waals surface area (Å²) in [6.07, 6.45) is 3.59. The number of aromatic nitrogens is 2. The van der Waals surface area contributed by atoms with Crippen LogP contribution in [0, 0.1) is 10.1 Å². The first-order valence-electron chi connectivity index (χ1n) is 5.77. The van der Waals surface area contributed by atoms with Gasteiger partial charge in [-0.3, -0.25) is 0 Å². The quantitative estimate of drug-likeness (QED) is 0.653. The summed E-state index contributed by atoms with van der Waals surface area (Å²) in [5.74, 6) is 0.488. The molecule has 18 heavy (non-hydrogen) atoms. The van der Waals surface area contributed by atoms with Crippen molar-refractivity contribution < 1.29 is 4.92 Å². The molecule has 0 unspecified atom stereocenters. The Balaban J connectivity index is 2.07. The van der Waals surface area contributed by atoms with Gasteiger partial charge in [0.1, 0.15) is 6.20 Å². The maximum Gasteiger partial charge on any atom is 0.373 e. The maximum atomic E-state index is 11.2. The van der Waals surface area contributed by atoms with Crippen molar-refractivity contribution in [2.24, 2.45) is 5.73 Å². The van der Waals surface area contributed by atoms with Gasteiger partial charge in [0.2, 0.25) is 5.82 Å². The molecule has 8 heteroatoms. The van der Waals surface area contributed by atoms with Crippen molar-refractivity contribution in [2.45, 2.75) is 18.9 Å². The third kappa shape index (κ3) is 1.73. The maximum absolute atomic E-state index is 11.2. The van der Waals surface area contributed by atoms with Crippen LogP contribution in [0.1, 0.15) is 12.8 Å². The molecule has 2 N–H and O–H groups in total. The number of piperidine rings is 1. The molecule has 0 radical (unpaired) electrons. The Bertz CT molecular complexity index is 592. The standard InChI is InChI=1S/C10H13N5O2S/c11-7-2-1-3-13(6-7)8-9(15(16)17)14-4-5-18-10(14)12-8/h4-5,7H,1-3,6,11H2/t7-/m1/s1. The van der Waals surface area contributed by atoms with Crippen molar-refractivity contribution in [2.75, 3.05) is 18.0 Å². The summed E-state index contributed by atoms with van der Waals surface area (Å²) in [5.41, 5.74) is 5.91. The van der Waals surface area contributed by atoms with Crippen LogP contribution < -0.4 is 10.6 Å². The number of nitrogens with two attached hydrogens (primary N) is 1. The Labute approximate surface area is 107 Å². The fourth-order valence-electron chi connectivity index (χ4n) is 2.35. The summed E-state index contributed by atoms with van der Waals surface area (Å²) in [6, 6.07) is 0.0677. The zero-order valence-corrected chi connectivity index (χ0v) is 10.5. The molecule has 0 bridgehead atoms. The highest BCUT2D eigenvalue weighted by Crippen LogP contribution is 2.32. The number of nitrogens with zero attached hydrogens (tertiary/aromatic N) is 4. The van der Waals surface area contributed by atoms with Crippen molar-refractivity contribution in [1.29, 1.82) is 0 Å². The van der Waals surface area contributed by atoms with Gasteiger partial charge in [-0.05, 0) is 17.8 Å². The molecule has 1 aliphatic rings. The zero-order chi connectivity index (χ0) is 12.7. The van der Waals surface area contributed by atoms with E-state index >= 15 is 0 Å². The van der Waals surface area contributed by atoms with E-state index in [4.69, 9.17) is 5.73 Å². The van der Waals surface area contributed by atoms with Gasteiger partial charge in [-0.15, -0.1) is 0 Å². The monoisotopic (exact) mass is 267 g/mol. The van der Waals surface area contributed by atoms with E-state index in [-0.39, 0.29) is 16.8 Å². The topological polar surface area (TPSA) is 89.7 Å². The normalized spacial score (nSPS) is 20.5. The Kier molecular flexibility index (Phi) is 2.67. The van der Waals surface area contributed by atoms with Crippen molar-refractivity contribution in [3.63, 3.8) is 0 Å². The van der Waals surface area contributed by atoms with Crippen LogP contribution in [0.3, 0.4) is 0 Å². The molecule has 3 rings (SSSR count). The summed E-state index contributed by atoms with van der Waals surface area (Å²) < 4.78 is 1.53. The summed E-state index contributed by atoms with van der Waals surface area (Å²) >= 11 is 1.39. The first-order chi connectivity index (χ1) is 8.66. The number of rotatable bonds is 2. The van der Waals surface area contributed by atoms with Gasteiger partial charge in [0.25, 0.3) is 4.96 Å². The molecule has 0 aliphatic carbocycles. The van der Waals surface area contributed by atoms with Crippen LogP contribution in [0.2, 0.25) is 0 Å². The van der Waals surface area contributed by atoms with Gasteiger partial charge in [0.15, 0.2) is 0 Å². The van der Waals surface area contributed by atoms with Crippen LogP contribution in [0.4, 0.5) is 11.6 Å². The van der Waals surface area contributed by atoms with E-state index in [9.17, 15) is 10.1 Å². The first kappa shape index (κ1) is 11.4. The number of imidazole rings is 1. The average molecular weight is 267 g/mol. The van der Waals surface area contributed by atoms with Crippen LogP contribution in [0.5, 0.6) is 0 Å². The predicted molar refractivity (Wildman–Crippen MR) is 69.1 cm³/mol. The molecule has 3 heterocycles. The molecule has 0 spiro atoms. The summed E-state index contributed by atoms with van der Waals surface area (Å²) in [7, 11) is 0. The van der Waals surface area contributed by atoms with Gasteiger partial charge in [0, 0.05) is 24.5 Å². The molecule has 96 valence electrons. The Hall–Kier alpha value is -1.67. The smallest absolute Gasteiger partial charge is 0.358 e. The predicted octanol–water partition coefficient (Wildman–Crippen LogP) is 1.23. The van der Waals surface area contributed by atoms with Crippen molar-refractivity contribution in [1.82, 2.24) is 9.38 Å². The largest absolute Gasteiger partial charge is 0.373 e. The molecule has 0 aromatic carbocycles. The van der Waals surface area contributed by atoms with Gasteiger partial charge >= 0.3 is 5.82 Å². The minimum absolute atomic E-state index is 0.0420. The van der Waals surface area contributed by atoms with E-state index in [0.717, 1.165) is 19.4 Å². The second kappa shape index (κ2) is 4.21. The van der Waals surface area contributed by atoms with Gasteiger partial charge in [-0.2, -0.15) is 9.38 Å². The second-order valence-corrected chi connectivity index (χ2v) is 5.29. The highest BCUT2D eigenvalue weighted by Gasteiger charge is 2.30. The van der Waals surface area contributed by atoms with Gasteiger partial charge in [-0.25, -0.2) is 0 Å². The molecular weight excluding hydrogens is 254 g/mol. The Morgan fingerprint density at radius 1 is 1.61 bits per heavy atom. The molecular formula is C10H13N5O2S. The molecule has 0 saturated carbocycles. The minimum Gasteiger partial charge on any atom is -0.358 e. The molecule has 2 aromatic heterocycles. The SMILES string of the molecule is N[C@@H]1CCCN(c2nc3sccn3c2[N+](=O)[O-])C1. The van der Waals surface area contributed by atoms with Gasteiger partial charge in [0.05, 0.1) is 0 Å². The average Bonchev–Trinajstić information content (AvgIpc) is 2.87. The van der Waals surface area contributed by atoms with Gasteiger partial charge < -0.3 is 20.7 Å². The van der Waals surface area contributed by atoms with E-state index < -0.39 is 0 Å². The number of anilines is 1.